The quantitative estimate of drug-likeness (QED) is 0.674. The smallest absolute Gasteiger partial charge is 0.346 e. The van der Waals surface area contributed by atoms with Gasteiger partial charge in [-0.1, -0.05) is 0 Å². The van der Waals surface area contributed by atoms with E-state index in [1.807, 2.05) is 0 Å². The van der Waals surface area contributed by atoms with Crippen LogP contribution in [-0.2, 0) is 19.1 Å². The monoisotopic (exact) mass is 405 g/mol. The highest BCUT2D eigenvalue weighted by atomic mass is 19.1. The van der Waals surface area contributed by atoms with E-state index in [1.54, 1.807) is 0 Å². The molecule has 0 saturated heterocycles. The van der Waals surface area contributed by atoms with E-state index < -0.39 is 29.8 Å². The summed E-state index contributed by atoms with van der Waals surface area (Å²) in [6, 6.07) is 9.48. The Morgan fingerprint density at radius 3 is 2.34 bits per heavy atom. The molecule has 0 aliphatic heterocycles. The molecule has 2 rings (SSSR count). The predicted molar refractivity (Wildman–Crippen MR) is 100 cm³/mol. The van der Waals surface area contributed by atoms with Crippen molar-refractivity contribution in [3.8, 4) is 11.5 Å². The molecule has 1 amide bonds. The molecule has 0 aliphatic carbocycles. The van der Waals surface area contributed by atoms with Gasteiger partial charge in [-0.2, -0.15) is 0 Å². The Balaban J connectivity index is 1.99. The van der Waals surface area contributed by atoms with Crippen molar-refractivity contribution in [3.05, 3.63) is 53.8 Å². The number of benzene rings is 2. The maximum atomic E-state index is 12.9. The van der Waals surface area contributed by atoms with Gasteiger partial charge in [0, 0.05) is 5.69 Å². The Morgan fingerprint density at radius 1 is 1.03 bits per heavy atom. The van der Waals surface area contributed by atoms with E-state index in [0.717, 1.165) is 0 Å². The van der Waals surface area contributed by atoms with Gasteiger partial charge in [-0.25, -0.2) is 14.0 Å². The van der Waals surface area contributed by atoms with Gasteiger partial charge in [0.25, 0.3) is 5.91 Å². The number of esters is 2. The predicted octanol–water partition coefficient (Wildman–Crippen LogP) is 2.57. The number of carbonyl (C=O) groups excluding carboxylic acids is 3. The molecule has 2 aromatic carbocycles. The van der Waals surface area contributed by atoms with Crippen molar-refractivity contribution < 1.29 is 37.7 Å². The lowest BCUT2D eigenvalue weighted by molar-refractivity contribution is -0.149. The van der Waals surface area contributed by atoms with Gasteiger partial charge in [0.15, 0.2) is 24.2 Å². The zero-order valence-electron chi connectivity index (χ0n) is 16.1. The topological polar surface area (TPSA) is 100 Å². The van der Waals surface area contributed by atoms with Crippen molar-refractivity contribution in [3.63, 3.8) is 0 Å². The summed E-state index contributed by atoms with van der Waals surface area (Å²) in [6.07, 6.45) is -1.07. The number of carbonyl (C=O) groups is 3. The Hall–Kier alpha value is -3.62. The van der Waals surface area contributed by atoms with Crippen molar-refractivity contribution in [2.45, 2.75) is 13.0 Å². The summed E-state index contributed by atoms with van der Waals surface area (Å²) in [6.45, 7) is 1.05. The van der Waals surface area contributed by atoms with Crippen molar-refractivity contribution in [2.75, 3.05) is 26.1 Å². The van der Waals surface area contributed by atoms with Crippen molar-refractivity contribution in [1.29, 1.82) is 0 Å². The Bertz CT molecular complexity index is 883. The number of hydrogen-bond acceptors (Lipinski definition) is 7. The van der Waals surface area contributed by atoms with Crippen LogP contribution in [0.5, 0.6) is 11.5 Å². The molecule has 2 aromatic rings. The lowest BCUT2D eigenvalue weighted by Crippen LogP contribution is -2.25. The summed E-state index contributed by atoms with van der Waals surface area (Å²) in [4.78, 5) is 35.5. The molecule has 0 aromatic heterocycles. The fourth-order valence-corrected chi connectivity index (χ4v) is 2.23. The SMILES string of the molecule is COC(=O)C(C)OC(=O)c1ccc(OCC(=O)Nc2ccc(F)cc2)c(OC)c1. The first-order chi connectivity index (χ1) is 13.8. The molecule has 1 N–H and O–H groups in total. The number of ether oxygens (including phenoxy) is 4. The van der Waals surface area contributed by atoms with Crippen LogP contribution in [-0.4, -0.2) is 44.8 Å². The van der Waals surface area contributed by atoms with Crippen LogP contribution in [0, 0.1) is 5.82 Å². The molecule has 0 aliphatic rings. The third-order valence-corrected chi connectivity index (χ3v) is 3.70. The minimum Gasteiger partial charge on any atom is -0.493 e. The van der Waals surface area contributed by atoms with E-state index >= 15 is 0 Å². The summed E-state index contributed by atoms with van der Waals surface area (Å²) < 4.78 is 33.0. The number of halogens is 1. The zero-order chi connectivity index (χ0) is 21.4. The van der Waals surface area contributed by atoms with Gasteiger partial charge in [0.05, 0.1) is 19.8 Å². The highest BCUT2D eigenvalue weighted by molar-refractivity contribution is 5.93. The van der Waals surface area contributed by atoms with E-state index in [2.05, 4.69) is 10.1 Å². The number of methoxy groups -OCH3 is 2. The first-order valence-electron chi connectivity index (χ1n) is 8.49. The van der Waals surface area contributed by atoms with Gasteiger partial charge < -0.3 is 24.3 Å². The van der Waals surface area contributed by atoms with E-state index in [0.29, 0.717) is 5.69 Å². The molecule has 1 atom stereocenters. The lowest BCUT2D eigenvalue weighted by atomic mass is 10.2. The fraction of sp³-hybridized carbons (Fsp3) is 0.250. The van der Waals surface area contributed by atoms with E-state index in [-0.39, 0.29) is 23.7 Å². The average Bonchev–Trinajstić information content (AvgIpc) is 2.72. The van der Waals surface area contributed by atoms with E-state index in [1.165, 1.54) is 63.6 Å². The third kappa shape index (κ3) is 6.20. The second-order valence-corrected chi connectivity index (χ2v) is 5.78. The van der Waals surface area contributed by atoms with Crippen LogP contribution in [0.15, 0.2) is 42.5 Å². The van der Waals surface area contributed by atoms with Crippen LogP contribution < -0.4 is 14.8 Å². The molecular weight excluding hydrogens is 385 g/mol. The van der Waals surface area contributed by atoms with Gasteiger partial charge in [0.2, 0.25) is 0 Å². The number of hydrogen-bond donors (Lipinski definition) is 1. The fourth-order valence-electron chi connectivity index (χ4n) is 2.23. The second-order valence-electron chi connectivity index (χ2n) is 5.78. The van der Waals surface area contributed by atoms with Gasteiger partial charge in [-0.05, 0) is 49.4 Å². The second kappa shape index (κ2) is 10.1. The minimum absolute atomic E-state index is 0.126. The van der Waals surface area contributed by atoms with Crippen molar-refractivity contribution >= 4 is 23.5 Å². The Kier molecular flexibility index (Phi) is 7.53. The molecule has 0 bridgehead atoms. The summed E-state index contributed by atoms with van der Waals surface area (Å²) in [5, 5.41) is 2.55. The first-order valence-corrected chi connectivity index (χ1v) is 8.49. The first kappa shape index (κ1) is 21.7. The molecular formula is C20H20FNO7. The molecule has 0 saturated carbocycles. The molecule has 9 heteroatoms. The van der Waals surface area contributed by atoms with Crippen LogP contribution in [0.25, 0.3) is 0 Å². The molecule has 29 heavy (non-hydrogen) atoms. The van der Waals surface area contributed by atoms with Gasteiger partial charge in [-0.3, -0.25) is 4.79 Å². The Morgan fingerprint density at radius 2 is 1.72 bits per heavy atom. The summed E-state index contributed by atoms with van der Waals surface area (Å²) in [7, 11) is 2.56. The van der Waals surface area contributed by atoms with Crippen molar-refractivity contribution in [2.24, 2.45) is 0 Å². The maximum Gasteiger partial charge on any atom is 0.346 e. The van der Waals surface area contributed by atoms with Crippen LogP contribution in [0.3, 0.4) is 0 Å². The van der Waals surface area contributed by atoms with Gasteiger partial charge in [0.1, 0.15) is 5.82 Å². The summed E-state index contributed by atoms with van der Waals surface area (Å²) in [5.74, 6) is -1.89. The van der Waals surface area contributed by atoms with Gasteiger partial charge in [-0.15, -0.1) is 0 Å². The number of rotatable bonds is 8. The standard InChI is InChI=1S/C20H20FNO7/c1-12(19(24)27-3)29-20(25)13-4-9-16(17(10-13)26-2)28-11-18(23)22-15-7-5-14(21)6-8-15/h4-10,12H,11H2,1-3H3,(H,22,23). The van der Waals surface area contributed by atoms with Crippen LogP contribution in [0.2, 0.25) is 0 Å². The maximum absolute atomic E-state index is 12.9. The minimum atomic E-state index is -1.07. The Labute approximate surface area is 166 Å². The molecule has 0 radical (unpaired) electrons. The average molecular weight is 405 g/mol. The van der Waals surface area contributed by atoms with Crippen LogP contribution >= 0.6 is 0 Å². The summed E-state index contributed by atoms with van der Waals surface area (Å²) in [5.41, 5.74) is 0.547. The largest absolute Gasteiger partial charge is 0.493 e. The zero-order valence-corrected chi connectivity index (χ0v) is 16.1. The van der Waals surface area contributed by atoms with Crippen LogP contribution in [0.4, 0.5) is 10.1 Å². The molecule has 0 heterocycles. The number of nitrogens with one attached hydrogen (secondary N) is 1. The van der Waals surface area contributed by atoms with E-state index in [4.69, 9.17) is 14.2 Å². The highest BCUT2D eigenvalue weighted by Gasteiger charge is 2.20. The molecule has 1 unspecified atom stereocenters. The molecule has 154 valence electrons. The van der Waals surface area contributed by atoms with Crippen LogP contribution in [0.1, 0.15) is 17.3 Å². The normalized spacial score (nSPS) is 11.2. The molecule has 0 fully saturated rings. The lowest BCUT2D eigenvalue weighted by Gasteiger charge is -2.14. The van der Waals surface area contributed by atoms with Gasteiger partial charge >= 0.3 is 11.9 Å². The number of anilines is 1. The third-order valence-electron chi connectivity index (χ3n) is 3.70. The summed E-state index contributed by atoms with van der Waals surface area (Å²) >= 11 is 0. The number of amides is 1. The molecule has 0 spiro atoms. The van der Waals surface area contributed by atoms with E-state index in [9.17, 15) is 18.8 Å². The van der Waals surface area contributed by atoms with Crippen molar-refractivity contribution in [1.82, 2.24) is 0 Å². The molecule has 8 nitrogen and oxygen atoms in total. The highest BCUT2D eigenvalue weighted by Crippen LogP contribution is 2.28.